The van der Waals surface area contributed by atoms with Gasteiger partial charge in [0.05, 0.1) is 17.8 Å². The molecule has 0 heterocycles. The molecule has 2 aliphatic carbocycles. The second-order valence-electron chi connectivity index (χ2n) is 13.0. The number of nitrogens with two attached hydrogens (primary N) is 2. The average molecular weight is 703 g/mol. The van der Waals surface area contributed by atoms with Crippen LogP contribution in [0, 0.1) is 35.2 Å². The van der Waals surface area contributed by atoms with Gasteiger partial charge in [-0.3, -0.25) is 19.2 Å². The van der Waals surface area contributed by atoms with Crippen molar-refractivity contribution >= 4 is 33.2 Å². The van der Waals surface area contributed by atoms with Gasteiger partial charge in [-0.1, -0.05) is 12.8 Å². The molecule has 2 fully saturated rings. The SMILES string of the molecule is NCCCC[C@H](NC(=O)C1CCCC1)C(=O)CS(=O)(=O)CC1CCC(C(=O)N[C@H](CCCCN)C(=O)COc2c(F)ccc(F)c2F)C1. The van der Waals surface area contributed by atoms with Crippen LogP contribution in [0.5, 0.6) is 5.75 Å². The number of halogens is 3. The van der Waals surface area contributed by atoms with Gasteiger partial charge in [0.2, 0.25) is 17.6 Å². The van der Waals surface area contributed by atoms with Crippen molar-refractivity contribution in [1.82, 2.24) is 10.6 Å². The first kappa shape index (κ1) is 39.4. The molecule has 0 spiro atoms. The first-order chi connectivity index (χ1) is 22.8. The van der Waals surface area contributed by atoms with Crippen LogP contribution in [-0.2, 0) is 29.0 Å². The van der Waals surface area contributed by atoms with Crippen LogP contribution < -0.4 is 26.8 Å². The van der Waals surface area contributed by atoms with E-state index >= 15 is 0 Å². The van der Waals surface area contributed by atoms with Crippen LogP contribution >= 0.6 is 0 Å². The van der Waals surface area contributed by atoms with Crippen molar-refractivity contribution in [3.8, 4) is 5.75 Å². The minimum atomic E-state index is -3.87. The maximum Gasteiger partial charge on any atom is 0.223 e. The van der Waals surface area contributed by atoms with Gasteiger partial charge < -0.3 is 26.8 Å². The first-order valence-corrected chi connectivity index (χ1v) is 18.7. The number of Topliss-reactive ketones (excluding diaryl/α,β-unsaturated/α-hetero) is 2. The Bertz CT molecular complexity index is 1370. The number of ether oxygens (including phenoxy) is 1. The Hall–Kier alpha value is -3.04. The summed E-state index contributed by atoms with van der Waals surface area (Å²) in [7, 11) is -3.87. The number of rotatable bonds is 21. The number of hydrogen-bond donors (Lipinski definition) is 4. The van der Waals surface area contributed by atoms with Crippen LogP contribution in [0.15, 0.2) is 12.1 Å². The maximum atomic E-state index is 14.0. The smallest absolute Gasteiger partial charge is 0.223 e. The predicted molar refractivity (Wildman–Crippen MR) is 173 cm³/mol. The lowest BCUT2D eigenvalue weighted by Gasteiger charge is -2.21. The Labute approximate surface area is 280 Å². The third-order valence-corrected chi connectivity index (χ3v) is 10.9. The number of nitrogens with one attached hydrogen (secondary N) is 2. The molecule has 0 aliphatic heterocycles. The number of carbonyl (C=O) groups is 4. The van der Waals surface area contributed by atoms with Crippen molar-refractivity contribution < 1.29 is 45.5 Å². The fourth-order valence-electron chi connectivity index (χ4n) is 6.46. The fourth-order valence-corrected chi connectivity index (χ4v) is 8.24. The van der Waals surface area contributed by atoms with Gasteiger partial charge in [-0.15, -0.1) is 0 Å². The molecule has 0 saturated heterocycles. The fraction of sp³-hybridized carbons (Fsp3) is 0.697. The zero-order valence-corrected chi connectivity index (χ0v) is 28.1. The number of benzene rings is 1. The van der Waals surface area contributed by atoms with Crippen molar-refractivity contribution in [1.29, 1.82) is 0 Å². The Morgan fingerprint density at radius 2 is 1.35 bits per heavy atom. The molecule has 2 saturated carbocycles. The Morgan fingerprint density at radius 1 is 0.792 bits per heavy atom. The standard InChI is InChI=1S/C33H49F3N4O7S/c34-24-13-14-25(35)31(30(24)36)47-18-28(41)26(9-3-5-15-37)39-33(44)23-12-11-21(17-23)19-48(45,46)20-29(42)27(10-4-6-16-38)40-32(43)22-7-1-2-8-22/h13-14,21-23,26-27H,1-12,15-20,37-38H2,(H,39,44)(H,40,43)/t21?,23?,26-,27+/m1/s1. The van der Waals surface area contributed by atoms with Gasteiger partial charge in [0.25, 0.3) is 0 Å². The summed E-state index contributed by atoms with van der Waals surface area (Å²) in [5, 5.41) is 5.45. The molecule has 0 aromatic heterocycles. The number of carbonyl (C=O) groups excluding carboxylic acids is 4. The van der Waals surface area contributed by atoms with Gasteiger partial charge in [-0.2, -0.15) is 4.39 Å². The highest BCUT2D eigenvalue weighted by Crippen LogP contribution is 2.33. The van der Waals surface area contributed by atoms with Crippen molar-refractivity contribution in [2.24, 2.45) is 29.2 Å². The highest BCUT2D eigenvalue weighted by Gasteiger charge is 2.36. The minimum absolute atomic E-state index is 0.171. The van der Waals surface area contributed by atoms with Crippen molar-refractivity contribution in [3.63, 3.8) is 0 Å². The van der Waals surface area contributed by atoms with Gasteiger partial charge in [0, 0.05) is 11.8 Å². The van der Waals surface area contributed by atoms with E-state index in [1.807, 2.05) is 0 Å². The second kappa shape index (κ2) is 19.2. The lowest BCUT2D eigenvalue weighted by atomic mass is 10.0. The van der Waals surface area contributed by atoms with E-state index in [0.717, 1.165) is 25.7 Å². The second-order valence-corrected chi connectivity index (χ2v) is 15.1. The Morgan fingerprint density at radius 3 is 1.96 bits per heavy atom. The van der Waals surface area contributed by atoms with Crippen LogP contribution in [0.4, 0.5) is 13.2 Å². The highest BCUT2D eigenvalue weighted by atomic mass is 32.2. The van der Waals surface area contributed by atoms with Crippen molar-refractivity contribution in [2.75, 3.05) is 31.2 Å². The summed E-state index contributed by atoms with van der Waals surface area (Å²) in [5.74, 6) is -9.26. The lowest BCUT2D eigenvalue weighted by Crippen LogP contribution is -2.45. The van der Waals surface area contributed by atoms with E-state index in [1.54, 1.807) is 0 Å². The molecular formula is C33H49F3N4O7S. The molecule has 6 N–H and O–H groups in total. The van der Waals surface area contributed by atoms with E-state index in [4.69, 9.17) is 16.2 Å². The number of ketones is 2. The molecule has 15 heteroatoms. The summed E-state index contributed by atoms with van der Waals surface area (Å²) in [4.78, 5) is 52.0. The maximum absolute atomic E-state index is 14.0. The predicted octanol–water partition coefficient (Wildman–Crippen LogP) is 2.87. The quantitative estimate of drug-likeness (QED) is 0.110. The minimum Gasteiger partial charge on any atom is -0.480 e. The summed E-state index contributed by atoms with van der Waals surface area (Å²) < 4.78 is 72.7. The molecule has 1 aromatic rings. The normalized spacial score (nSPS) is 19.5. The molecule has 0 radical (unpaired) electrons. The molecule has 2 unspecified atom stereocenters. The van der Waals surface area contributed by atoms with Gasteiger partial charge in [-0.05, 0) is 102 Å². The van der Waals surface area contributed by atoms with E-state index < -0.39 is 86.8 Å². The van der Waals surface area contributed by atoms with E-state index in [0.29, 0.717) is 70.2 Å². The van der Waals surface area contributed by atoms with E-state index in [-0.39, 0.29) is 30.4 Å². The van der Waals surface area contributed by atoms with Crippen LogP contribution in [0.3, 0.4) is 0 Å². The third-order valence-electron chi connectivity index (χ3n) is 9.15. The molecule has 4 atom stereocenters. The molecule has 11 nitrogen and oxygen atoms in total. The molecule has 2 amide bonds. The van der Waals surface area contributed by atoms with Crippen LogP contribution in [0.2, 0.25) is 0 Å². The molecule has 1 aromatic carbocycles. The number of amides is 2. The summed E-state index contributed by atoms with van der Waals surface area (Å²) >= 11 is 0. The Balaban J connectivity index is 1.56. The number of sulfone groups is 1. The zero-order chi connectivity index (χ0) is 35.3. The molecule has 270 valence electrons. The monoisotopic (exact) mass is 702 g/mol. The van der Waals surface area contributed by atoms with Crippen LogP contribution in [0.1, 0.15) is 83.5 Å². The third kappa shape index (κ3) is 12.1. The van der Waals surface area contributed by atoms with Crippen LogP contribution in [0.25, 0.3) is 0 Å². The largest absolute Gasteiger partial charge is 0.480 e. The van der Waals surface area contributed by atoms with Gasteiger partial charge >= 0.3 is 0 Å². The molecule has 48 heavy (non-hydrogen) atoms. The number of unbranched alkanes of at least 4 members (excludes halogenated alkanes) is 2. The summed E-state index contributed by atoms with van der Waals surface area (Å²) in [6.07, 6.45) is 7.06. The van der Waals surface area contributed by atoms with Gasteiger partial charge in [-0.25, -0.2) is 17.2 Å². The van der Waals surface area contributed by atoms with Crippen molar-refractivity contribution in [2.45, 2.75) is 95.6 Å². The highest BCUT2D eigenvalue weighted by molar-refractivity contribution is 7.92. The number of hydrogen-bond acceptors (Lipinski definition) is 9. The Kier molecular flexibility index (Phi) is 15.8. The molecule has 0 bridgehead atoms. The zero-order valence-electron chi connectivity index (χ0n) is 27.3. The van der Waals surface area contributed by atoms with E-state index in [2.05, 4.69) is 10.6 Å². The first-order valence-electron chi connectivity index (χ1n) is 16.9. The van der Waals surface area contributed by atoms with Crippen molar-refractivity contribution in [3.05, 3.63) is 29.6 Å². The molecular weight excluding hydrogens is 653 g/mol. The average Bonchev–Trinajstić information content (AvgIpc) is 3.74. The summed E-state index contributed by atoms with van der Waals surface area (Å²) in [6.45, 7) is -0.0656. The summed E-state index contributed by atoms with van der Waals surface area (Å²) in [5.41, 5.74) is 11.1. The molecule has 3 rings (SSSR count). The topological polar surface area (TPSA) is 188 Å². The van der Waals surface area contributed by atoms with E-state index in [1.165, 1.54) is 0 Å². The van der Waals surface area contributed by atoms with E-state index in [9.17, 15) is 40.8 Å². The van der Waals surface area contributed by atoms with Crippen LogP contribution in [-0.4, -0.2) is 75.1 Å². The summed E-state index contributed by atoms with van der Waals surface area (Å²) in [6, 6.07) is -0.721. The van der Waals surface area contributed by atoms with Gasteiger partial charge in [0.15, 0.2) is 38.8 Å². The van der Waals surface area contributed by atoms with Gasteiger partial charge in [0.1, 0.15) is 12.4 Å². The lowest BCUT2D eigenvalue weighted by molar-refractivity contribution is -0.131. The molecule has 2 aliphatic rings.